The van der Waals surface area contributed by atoms with Crippen molar-refractivity contribution in [3.63, 3.8) is 0 Å². The van der Waals surface area contributed by atoms with Gasteiger partial charge in [-0.15, -0.1) is 0 Å². The molecule has 2 nitrogen and oxygen atoms in total. The van der Waals surface area contributed by atoms with Gasteiger partial charge < -0.3 is 10.1 Å². The third-order valence-corrected chi connectivity index (χ3v) is 2.71. The highest BCUT2D eigenvalue weighted by atomic mass is 16.5. The Morgan fingerprint density at radius 3 is 3.14 bits per heavy atom. The van der Waals surface area contributed by atoms with Gasteiger partial charge in [0.25, 0.3) is 0 Å². The van der Waals surface area contributed by atoms with E-state index in [1.54, 1.807) is 0 Å². The summed E-state index contributed by atoms with van der Waals surface area (Å²) in [6, 6.07) is 6.75. The molecule has 0 fully saturated rings. The van der Waals surface area contributed by atoms with Gasteiger partial charge in [0.05, 0.1) is 13.2 Å². The fourth-order valence-corrected chi connectivity index (χ4v) is 1.84. The Hall–Kier alpha value is -0.860. The lowest BCUT2D eigenvalue weighted by atomic mass is 9.99. The van der Waals surface area contributed by atoms with Gasteiger partial charge in [-0.1, -0.05) is 18.2 Å². The second-order valence-corrected chi connectivity index (χ2v) is 3.76. The number of hydrogen-bond acceptors (Lipinski definition) is 2. The van der Waals surface area contributed by atoms with Gasteiger partial charge in [0.2, 0.25) is 0 Å². The molecule has 0 atom stereocenters. The first kappa shape index (κ1) is 9.69. The van der Waals surface area contributed by atoms with Gasteiger partial charge in [0, 0.05) is 0 Å². The molecule has 2 rings (SSSR count). The minimum absolute atomic E-state index is 0.793. The van der Waals surface area contributed by atoms with Gasteiger partial charge in [0.15, 0.2) is 0 Å². The van der Waals surface area contributed by atoms with E-state index < -0.39 is 0 Å². The molecule has 0 spiro atoms. The van der Waals surface area contributed by atoms with Crippen LogP contribution in [0.15, 0.2) is 18.2 Å². The summed E-state index contributed by atoms with van der Waals surface area (Å²) in [5.74, 6) is 0. The number of likely N-dealkylation sites (N-methyl/N-ethyl adjacent to an activating group) is 1. The molecular formula is C12H17NO. The van der Waals surface area contributed by atoms with Gasteiger partial charge in [0.1, 0.15) is 0 Å². The fraction of sp³-hybridized carbons (Fsp3) is 0.500. The van der Waals surface area contributed by atoms with Crippen molar-refractivity contribution in [2.75, 3.05) is 20.2 Å². The Morgan fingerprint density at radius 2 is 2.29 bits per heavy atom. The molecule has 1 aliphatic rings. The maximum atomic E-state index is 5.40. The maximum Gasteiger partial charge on any atom is 0.0719 e. The summed E-state index contributed by atoms with van der Waals surface area (Å²) in [4.78, 5) is 0. The number of ether oxygens (including phenoxy) is 1. The van der Waals surface area contributed by atoms with Gasteiger partial charge in [-0.05, 0) is 43.1 Å². The molecular weight excluding hydrogens is 174 g/mol. The second-order valence-electron chi connectivity index (χ2n) is 3.76. The molecule has 0 unspecified atom stereocenters. The van der Waals surface area contributed by atoms with Crippen LogP contribution in [0.3, 0.4) is 0 Å². The Kier molecular flexibility index (Phi) is 3.17. The number of nitrogens with one attached hydrogen (secondary N) is 1. The predicted molar refractivity (Wildman–Crippen MR) is 57.4 cm³/mol. The molecule has 0 aromatic heterocycles. The van der Waals surface area contributed by atoms with E-state index in [0.717, 1.165) is 32.6 Å². The Balaban J connectivity index is 2.12. The molecule has 14 heavy (non-hydrogen) atoms. The van der Waals surface area contributed by atoms with Crippen molar-refractivity contribution in [1.29, 1.82) is 0 Å². The van der Waals surface area contributed by atoms with Crippen LogP contribution in [0.25, 0.3) is 0 Å². The van der Waals surface area contributed by atoms with Crippen molar-refractivity contribution in [1.82, 2.24) is 5.32 Å². The van der Waals surface area contributed by atoms with Gasteiger partial charge in [-0.3, -0.25) is 0 Å². The van der Waals surface area contributed by atoms with Crippen molar-refractivity contribution in [2.24, 2.45) is 0 Å². The number of fused-ring (bicyclic) bond motifs is 1. The highest BCUT2D eigenvalue weighted by molar-refractivity contribution is 5.33. The first-order valence-corrected chi connectivity index (χ1v) is 5.23. The normalized spacial score (nSPS) is 15.2. The zero-order valence-electron chi connectivity index (χ0n) is 8.68. The van der Waals surface area contributed by atoms with E-state index in [4.69, 9.17) is 4.74 Å². The second kappa shape index (κ2) is 4.58. The fourth-order valence-electron chi connectivity index (χ4n) is 1.84. The molecule has 1 N–H and O–H groups in total. The zero-order chi connectivity index (χ0) is 9.80. The maximum absolute atomic E-state index is 5.40. The predicted octanol–water partition coefficient (Wildman–Crippen LogP) is 1.52. The van der Waals surface area contributed by atoms with Gasteiger partial charge >= 0.3 is 0 Å². The van der Waals surface area contributed by atoms with Crippen molar-refractivity contribution in [3.05, 3.63) is 34.9 Å². The molecule has 76 valence electrons. The molecule has 0 saturated carbocycles. The number of hydrogen-bond donors (Lipinski definition) is 1. The summed E-state index contributed by atoms with van der Waals surface area (Å²) in [5, 5.41) is 3.17. The molecule has 0 saturated heterocycles. The lowest BCUT2D eigenvalue weighted by molar-refractivity contribution is 0.110. The third kappa shape index (κ3) is 2.14. The van der Waals surface area contributed by atoms with Gasteiger partial charge in [-0.2, -0.15) is 0 Å². The van der Waals surface area contributed by atoms with E-state index in [1.165, 1.54) is 16.7 Å². The summed E-state index contributed by atoms with van der Waals surface area (Å²) < 4.78 is 5.40. The summed E-state index contributed by atoms with van der Waals surface area (Å²) in [7, 11) is 1.99. The van der Waals surface area contributed by atoms with E-state index in [9.17, 15) is 0 Å². The van der Waals surface area contributed by atoms with Crippen LogP contribution in [-0.2, 0) is 24.2 Å². The van der Waals surface area contributed by atoms with Crippen LogP contribution in [0.4, 0.5) is 0 Å². The van der Waals surface area contributed by atoms with E-state index >= 15 is 0 Å². The zero-order valence-corrected chi connectivity index (χ0v) is 8.68. The number of benzene rings is 1. The SMILES string of the molecule is CNCCc1ccc2c(c1)CCOC2. The smallest absolute Gasteiger partial charge is 0.0719 e. The molecule has 2 heteroatoms. The van der Waals surface area contributed by atoms with Crippen molar-refractivity contribution in [3.8, 4) is 0 Å². The third-order valence-electron chi connectivity index (χ3n) is 2.71. The Bertz CT molecular complexity index is 309. The molecule has 0 bridgehead atoms. The summed E-state index contributed by atoms with van der Waals surface area (Å²) >= 11 is 0. The molecule has 0 aliphatic carbocycles. The average Bonchev–Trinajstić information content (AvgIpc) is 2.26. The van der Waals surface area contributed by atoms with E-state index in [0.29, 0.717) is 0 Å². The monoisotopic (exact) mass is 191 g/mol. The largest absolute Gasteiger partial charge is 0.376 e. The summed E-state index contributed by atoms with van der Waals surface area (Å²) in [6.07, 6.45) is 2.19. The van der Waals surface area contributed by atoms with Crippen molar-refractivity contribution in [2.45, 2.75) is 19.4 Å². The topological polar surface area (TPSA) is 21.3 Å². The van der Waals surface area contributed by atoms with Crippen LogP contribution < -0.4 is 5.32 Å². The first-order valence-electron chi connectivity index (χ1n) is 5.23. The number of rotatable bonds is 3. The Morgan fingerprint density at radius 1 is 1.36 bits per heavy atom. The van der Waals surface area contributed by atoms with E-state index in [1.807, 2.05) is 7.05 Å². The first-order chi connectivity index (χ1) is 6.90. The van der Waals surface area contributed by atoms with Crippen LogP contribution in [0.5, 0.6) is 0 Å². The van der Waals surface area contributed by atoms with Crippen molar-refractivity contribution < 1.29 is 4.74 Å². The van der Waals surface area contributed by atoms with Crippen LogP contribution in [0.1, 0.15) is 16.7 Å². The van der Waals surface area contributed by atoms with Crippen LogP contribution >= 0.6 is 0 Å². The van der Waals surface area contributed by atoms with E-state index in [2.05, 4.69) is 23.5 Å². The molecule has 1 aromatic rings. The van der Waals surface area contributed by atoms with Gasteiger partial charge in [-0.25, -0.2) is 0 Å². The van der Waals surface area contributed by atoms with Crippen LogP contribution in [0, 0.1) is 0 Å². The highest BCUT2D eigenvalue weighted by Gasteiger charge is 2.09. The molecule has 1 heterocycles. The minimum Gasteiger partial charge on any atom is -0.376 e. The standard InChI is InChI=1S/C12H17NO/c1-13-6-4-10-2-3-12-9-14-7-5-11(12)8-10/h2-3,8,13H,4-7,9H2,1H3. The molecule has 1 aliphatic heterocycles. The highest BCUT2D eigenvalue weighted by Crippen LogP contribution is 2.18. The summed E-state index contributed by atoms with van der Waals surface area (Å²) in [5.41, 5.74) is 4.27. The molecule has 0 radical (unpaired) electrons. The lowest BCUT2D eigenvalue weighted by Gasteiger charge is -2.17. The van der Waals surface area contributed by atoms with Crippen LogP contribution in [-0.4, -0.2) is 20.2 Å². The van der Waals surface area contributed by atoms with E-state index in [-0.39, 0.29) is 0 Å². The minimum atomic E-state index is 0.793. The molecule has 0 amide bonds. The lowest BCUT2D eigenvalue weighted by Crippen LogP contribution is -2.13. The molecule has 1 aromatic carbocycles. The quantitative estimate of drug-likeness (QED) is 0.782. The van der Waals surface area contributed by atoms with Crippen LogP contribution in [0.2, 0.25) is 0 Å². The Labute approximate surface area is 85.3 Å². The average molecular weight is 191 g/mol. The van der Waals surface area contributed by atoms with Crippen molar-refractivity contribution >= 4 is 0 Å². The summed E-state index contributed by atoms with van der Waals surface area (Å²) in [6.45, 7) is 2.72.